The van der Waals surface area contributed by atoms with Crippen LogP contribution in [-0.2, 0) is 25.6 Å². The van der Waals surface area contributed by atoms with Crippen molar-refractivity contribution >= 4 is 5.97 Å². The van der Waals surface area contributed by atoms with Crippen LogP contribution in [0.5, 0.6) is 0 Å². The van der Waals surface area contributed by atoms with Crippen molar-refractivity contribution in [2.75, 3.05) is 20.3 Å². The van der Waals surface area contributed by atoms with E-state index in [2.05, 4.69) is 0 Å². The zero-order valence-corrected chi connectivity index (χ0v) is 10.2. The van der Waals surface area contributed by atoms with E-state index in [0.717, 1.165) is 5.56 Å². The van der Waals surface area contributed by atoms with Crippen molar-refractivity contribution in [3.05, 3.63) is 35.9 Å². The fraction of sp³-hybridized carbons (Fsp3) is 0.462. The third-order valence-corrected chi connectivity index (χ3v) is 2.21. The van der Waals surface area contributed by atoms with Crippen LogP contribution in [0.4, 0.5) is 0 Å². The van der Waals surface area contributed by atoms with E-state index in [9.17, 15) is 4.79 Å². The molecular formula is C13H18O4. The summed E-state index contributed by atoms with van der Waals surface area (Å²) in [7, 11) is 1.56. The average Bonchev–Trinajstić information content (AvgIpc) is 2.37. The van der Waals surface area contributed by atoms with Gasteiger partial charge in [-0.05, 0) is 12.5 Å². The van der Waals surface area contributed by atoms with Crippen LogP contribution in [0.15, 0.2) is 30.3 Å². The highest BCUT2D eigenvalue weighted by molar-refractivity contribution is 5.74. The van der Waals surface area contributed by atoms with Gasteiger partial charge < -0.3 is 14.2 Å². The number of hydrogen-bond acceptors (Lipinski definition) is 4. The highest BCUT2D eigenvalue weighted by Gasteiger charge is 2.14. The number of benzene rings is 1. The Labute approximate surface area is 101 Å². The molecule has 0 radical (unpaired) electrons. The first kappa shape index (κ1) is 13.7. The van der Waals surface area contributed by atoms with Crippen LogP contribution in [0.3, 0.4) is 0 Å². The van der Waals surface area contributed by atoms with Crippen molar-refractivity contribution in [3.63, 3.8) is 0 Å². The maximum atomic E-state index is 11.4. The first-order valence-electron chi connectivity index (χ1n) is 5.55. The Hall–Kier alpha value is -1.39. The molecule has 0 aromatic heterocycles. The van der Waals surface area contributed by atoms with Crippen LogP contribution < -0.4 is 0 Å². The Balaban J connectivity index is 2.24. The number of ether oxygens (including phenoxy) is 3. The molecule has 1 aromatic carbocycles. The highest BCUT2D eigenvalue weighted by atomic mass is 16.6. The smallest absolute Gasteiger partial charge is 0.335 e. The van der Waals surface area contributed by atoms with Crippen LogP contribution in [0.1, 0.15) is 12.5 Å². The molecule has 0 N–H and O–H groups in total. The molecule has 0 spiro atoms. The summed E-state index contributed by atoms with van der Waals surface area (Å²) < 4.78 is 15.1. The summed E-state index contributed by atoms with van der Waals surface area (Å²) in [6.07, 6.45) is -0.563. The van der Waals surface area contributed by atoms with Crippen molar-refractivity contribution in [2.45, 2.75) is 19.6 Å². The lowest BCUT2D eigenvalue weighted by molar-refractivity contribution is -0.158. The molecule has 0 heterocycles. The first-order chi connectivity index (χ1) is 8.24. The first-order valence-corrected chi connectivity index (χ1v) is 5.55. The van der Waals surface area contributed by atoms with Gasteiger partial charge in [0.05, 0.1) is 13.2 Å². The van der Waals surface area contributed by atoms with Gasteiger partial charge in [-0.2, -0.15) is 0 Å². The number of carbonyl (C=O) groups is 1. The normalized spacial score (nSPS) is 12.1. The molecule has 0 aliphatic heterocycles. The number of hydrogen-bond donors (Lipinski definition) is 0. The largest absolute Gasteiger partial charge is 0.461 e. The quantitative estimate of drug-likeness (QED) is 0.536. The topological polar surface area (TPSA) is 44.8 Å². The Kier molecular flexibility index (Phi) is 6.29. The summed E-state index contributed by atoms with van der Waals surface area (Å²) in [5.74, 6) is -0.363. The van der Waals surface area contributed by atoms with Crippen molar-refractivity contribution in [1.82, 2.24) is 0 Å². The second-order valence-corrected chi connectivity index (χ2v) is 3.60. The second-order valence-electron chi connectivity index (χ2n) is 3.60. The maximum absolute atomic E-state index is 11.4. The Morgan fingerprint density at radius 3 is 2.59 bits per heavy atom. The van der Waals surface area contributed by atoms with Gasteiger partial charge >= 0.3 is 5.97 Å². The summed E-state index contributed by atoms with van der Waals surface area (Å²) >= 11 is 0. The third kappa shape index (κ3) is 5.47. The van der Waals surface area contributed by atoms with E-state index in [1.807, 2.05) is 30.3 Å². The van der Waals surface area contributed by atoms with Gasteiger partial charge in [0, 0.05) is 7.11 Å². The molecule has 1 unspecified atom stereocenters. The lowest BCUT2D eigenvalue weighted by atomic mass is 10.2. The Bertz CT molecular complexity index is 323. The number of esters is 1. The van der Waals surface area contributed by atoms with Gasteiger partial charge in [0.1, 0.15) is 6.61 Å². The molecule has 17 heavy (non-hydrogen) atoms. The van der Waals surface area contributed by atoms with Gasteiger partial charge in [-0.1, -0.05) is 30.3 Å². The molecule has 1 atom stereocenters. The SMILES string of the molecule is COCCOC(=O)C(C)OCc1ccccc1. The predicted molar refractivity (Wildman–Crippen MR) is 63.5 cm³/mol. The van der Waals surface area contributed by atoms with Crippen LogP contribution in [0.25, 0.3) is 0 Å². The van der Waals surface area contributed by atoms with E-state index in [0.29, 0.717) is 13.2 Å². The van der Waals surface area contributed by atoms with E-state index in [1.165, 1.54) is 0 Å². The molecule has 0 aliphatic rings. The molecule has 0 amide bonds. The van der Waals surface area contributed by atoms with E-state index in [4.69, 9.17) is 14.2 Å². The molecule has 1 rings (SSSR count). The van der Waals surface area contributed by atoms with Gasteiger partial charge in [-0.3, -0.25) is 0 Å². The van der Waals surface area contributed by atoms with Gasteiger partial charge in [0.2, 0.25) is 0 Å². The van der Waals surface area contributed by atoms with Gasteiger partial charge in [-0.15, -0.1) is 0 Å². The van der Waals surface area contributed by atoms with E-state index < -0.39 is 6.10 Å². The Morgan fingerprint density at radius 1 is 1.24 bits per heavy atom. The molecule has 94 valence electrons. The zero-order valence-electron chi connectivity index (χ0n) is 10.2. The number of rotatable bonds is 7. The fourth-order valence-electron chi connectivity index (χ4n) is 1.21. The average molecular weight is 238 g/mol. The molecule has 0 saturated carbocycles. The standard InChI is InChI=1S/C13H18O4/c1-11(13(14)16-9-8-15-2)17-10-12-6-4-3-5-7-12/h3-7,11H,8-10H2,1-2H3. The van der Waals surface area contributed by atoms with Crippen molar-refractivity contribution < 1.29 is 19.0 Å². The van der Waals surface area contributed by atoms with Crippen LogP contribution in [0, 0.1) is 0 Å². The maximum Gasteiger partial charge on any atom is 0.335 e. The molecule has 1 aromatic rings. The van der Waals surface area contributed by atoms with E-state index in [1.54, 1.807) is 14.0 Å². The summed E-state index contributed by atoms with van der Waals surface area (Å²) in [5.41, 5.74) is 1.03. The molecule has 0 fully saturated rings. The summed E-state index contributed by atoms with van der Waals surface area (Å²) in [6.45, 7) is 2.74. The third-order valence-electron chi connectivity index (χ3n) is 2.21. The minimum Gasteiger partial charge on any atom is -0.461 e. The Morgan fingerprint density at radius 2 is 1.94 bits per heavy atom. The summed E-state index contributed by atoms with van der Waals surface area (Å²) in [6, 6.07) is 9.69. The molecular weight excluding hydrogens is 220 g/mol. The monoisotopic (exact) mass is 238 g/mol. The van der Waals surface area contributed by atoms with Gasteiger partial charge in [-0.25, -0.2) is 4.79 Å². The lowest BCUT2D eigenvalue weighted by Crippen LogP contribution is -2.24. The molecule has 0 saturated heterocycles. The minimum absolute atomic E-state index is 0.258. The summed E-state index contributed by atoms with van der Waals surface area (Å²) in [4.78, 5) is 11.4. The minimum atomic E-state index is -0.563. The van der Waals surface area contributed by atoms with Crippen LogP contribution >= 0.6 is 0 Å². The lowest BCUT2D eigenvalue weighted by Gasteiger charge is -2.12. The van der Waals surface area contributed by atoms with Crippen LogP contribution in [-0.4, -0.2) is 32.4 Å². The van der Waals surface area contributed by atoms with Crippen LogP contribution in [0.2, 0.25) is 0 Å². The number of carbonyl (C=O) groups excluding carboxylic acids is 1. The molecule has 0 bridgehead atoms. The fourth-order valence-corrected chi connectivity index (χ4v) is 1.21. The summed E-state index contributed by atoms with van der Waals surface area (Å²) in [5, 5.41) is 0. The molecule has 0 aliphatic carbocycles. The molecule has 4 heteroatoms. The second kappa shape index (κ2) is 7.81. The highest BCUT2D eigenvalue weighted by Crippen LogP contribution is 2.04. The zero-order chi connectivity index (χ0) is 12.5. The van der Waals surface area contributed by atoms with Gasteiger partial charge in [0.25, 0.3) is 0 Å². The van der Waals surface area contributed by atoms with Crippen molar-refractivity contribution in [2.24, 2.45) is 0 Å². The van der Waals surface area contributed by atoms with E-state index >= 15 is 0 Å². The predicted octanol–water partition coefficient (Wildman–Crippen LogP) is 1.78. The van der Waals surface area contributed by atoms with Crippen molar-refractivity contribution in [1.29, 1.82) is 0 Å². The number of methoxy groups -OCH3 is 1. The molecule has 4 nitrogen and oxygen atoms in total. The van der Waals surface area contributed by atoms with Crippen molar-refractivity contribution in [3.8, 4) is 0 Å². The van der Waals surface area contributed by atoms with Gasteiger partial charge in [0.15, 0.2) is 6.10 Å². The van der Waals surface area contributed by atoms with E-state index in [-0.39, 0.29) is 12.6 Å².